The molecule has 1 heterocycles. The number of carbonyl (C=O) groups is 1. The monoisotopic (exact) mass is 226 g/mol. The SMILES string of the molecule is CCC(=O)NC(CCN1CCCC1)C(C)C. The molecule has 3 heteroatoms. The van der Waals surface area contributed by atoms with Crippen LogP contribution in [0.15, 0.2) is 0 Å². The summed E-state index contributed by atoms with van der Waals surface area (Å²) in [6, 6.07) is 0.341. The Kier molecular flexibility index (Phi) is 5.81. The van der Waals surface area contributed by atoms with Crippen LogP contribution < -0.4 is 5.32 Å². The number of carbonyl (C=O) groups excluding carboxylic acids is 1. The molecular formula is C13H26N2O. The van der Waals surface area contributed by atoms with Crippen LogP contribution in [0.4, 0.5) is 0 Å². The second-order valence-electron chi connectivity index (χ2n) is 5.11. The first-order chi connectivity index (χ1) is 7.63. The number of rotatable bonds is 6. The third-order valence-electron chi connectivity index (χ3n) is 3.43. The molecule has 1 saturated heterocycles. The molecule has 1 aliphatic rings. The van der Waals surface area contributed by atoms with Gasteiger partial charge < -0.3 is 10.2 Å². The minimum Gasteiger partial charge on any atom is -0.353 e. The van der Waals surface area contributed by atoms with E-state index in [2.05, 4.69) is 24.1 Å². The Morgan fingerprint density at radius 1 is 1.31 bits per heavy atom. The predicted octanol–water partition coefficient (Wildman–Crippen LogP) is 2.02. The summed E-state index contributed by atoms with van der Waals surface area (Å²) in [5.74, 6) is 0.707. The number of hydrogen-bond acceptors (Lipinski definition) is 2. The summed E-state index contributed by atoms with van der Waals surface area (Å²) in [4.78, 5) is 13.9. The van der Waals surface area contributed by atoms with Gasteiger partial charge in [-0.2, -0.15) is 0 Å². The van der Waals surface area contributed by atoms with Crippen molar-refractivity contribution in [1.29, 1.82) is 0 Å². The average Bonchev–Trinajstić information content (AvgIpc) is 2.76. The molecule has 3 nitrogen and oxygen atoms in total. The number of likely N-dealkylation sites (tertiary alicyclic amines) is 1. The van der Waals surface area contributed by atoms with Gasteiger partial charge in [-0.25, -0.2) is 0 Å². The highest BCUT2D eigenvalue weighted by Crippen LogP contribution is 2.12. The van der Waals surface area contributed by atoms with E-state index in [-0.39, 0.29) is 5.91 Å². The van der Waals surface area contributed by atoms with E-state index >= 15 is 0 Å². The summed E-state index contributed by atoms with van der Waals surface area (Å²) in [6.07, 6.45) is 4.36. The van der Waals surface area contributed by atoms with E-state index in [0.717, 1.165) is 13.0 Å². The Hall–Kier alpha value is -0.570. The van der Waals surface area contributed by atoms with Gasteiger partial charge in [0.05, 0.1) is 0 Å². The quantitative estimate of drug-likeness (QED) is 0.751. The van der Waals surface area contributed by atoms with E-state index in [1.54, 1.807) is 0 Å². The molecule has 1 aliphatic heterocycles. The van der Waals surface area contributed by atoms with E-state index < -0.39 is 0 Å². The molecule has 94 valence electrons. The van der Waals surface area contributed by atoms with Crippen LogP contribution in [0.3, 0.4) is 0 Å². The lowest BCUT2D eigenvalue weighted by atomic mass is 10.0. The second-order valence-corrected chi connectivity index (χ2v) is 5.11. The van der Waals surface area contributed by atoms with Gasteiger partial charge in [-0.15, -0.1) is 0 Å². The van der Waals surface area contributed by atoms with Crippen molar-refractivity contribution in [2.45, 2.75) is 52.5 Å². The number of nitrogens with one attached hydrogen (secondary N) is 1. The van der Waals surface area contributed by atoms with Crippen molar-refractivity contribution < 1.29 is 4.79 Å². The molecule has 0 aliphatic carbocycles. The van der Waals surface area contributed by atoms with Crippen molar-refractivity contribution >= 4 is 5.91 Å². The molecule has 0 aromatic carbocycles. The minimum atomic E-state index is 0.181. The molecule has 1 fully saturated rings. The first kappa shape index (κ1) is 13.5. The summed E-state index contributed by atoms with van der Waals surface area (Å²) in [5, 5.41) is 3.12. The van der Waals surface area contributed by atoms with Gasteiger partial charge in [0.15, 0.2) is 0 Å². The second kappa shape index (κ2) is 6.89. The highest BCUT2D eigenvalue weighted by atomic mass is 16.1. The fourth-order valence-electron chi connectivity index (χ4n) is 2.21. The molecule has 1 atom stereocenters. The van der Waals surface area contributed by atoms with Crippen LogP contribution in [0, 0.1) is 5.92 Å². The van der Waals surface area contributed by atoms with Crippen molar-refractivity contribution in [1.82, 2.24) is 10.2 Å². The summed E-state index contributed by atoms with van der Waals surface area (Å²) in [6.45, 7) is 9.90. The van der Waals surface area contributed by atoms with Crippen molar-refractivity contribution in [3.05, 3.63) is 0 Å². The van der Waals surface area contributed by atoms with Crippen LogP contribution in [0.5, 0.6) is 0 Å². The summed E-state index contributed by atoms with van der Waals surface area (Å²) < 4.78 is 0. The third kappa shape index (κ3) is 4.52. The highest BCUT2D eigenvalue weighted by molar-refractivity contribution is 5.75. The lowest BCUT2D eigenvalue weighted by Crippen LogP contribution is -2.40. The molecular weight excluding hydrogens is 200 g/mol. The summed E-state index contributed by atoms with van der Waals surface area (Å²) in [7, 11) is 0. The standard InChI is InChI=1S/C13H26N2O/c1-4-13(16)14-12(11(2)3)7-10-15-8-5-6-9-15/h11-12H,4-10H2,1-3H3,(H,14,16). The van der Waals surface area contributed by atoms with Crippen LogP contribution in [-0.4, -0.2) is 36.5 Å². The molecule has 16 heavy (non-hydrogen) atoms. The lowest BCUT2D eigenvalue weighted by molar-refractivity contribution is -0.121. The van der Waals surface area contributed by atoms with E-state index in [0.29, 0.717) is 18.4 Å². The molecule has 0 aromatic heterocycles. The van der Waals surface area contributed by atoms with Crippen LogP contribution in [0.2, 0.25) is 0 Å². The van der Waals surface area contributed by atoms with Crippen LogP contribution in [0.25, 0.3) is 0 Å². The Labute approximate surface area is 99.6 Å². The molecule has 0 radical (unpaired) electrons. The van der Waals surface area contributed by atoms with Gasteiger partial charge in [-0.3, -0.25) is 4.79 Å². The molecule has 0 aromatic rings. The zero-order valence-electron chi connectivity index (χ0n) is 11.0. The van der Waals surface area contributed by atoms with Gasteiger partial charge in [-0.1, -0.05) is 20.8 Å². The fraction of sp³-hybridized carbons (Fsp3) is 0.923. The van der Waals surface area contributed by atoms with Crippen LogP contribution >= 0.6 is 0 Å². The Morgan fingerprint density at radius 3 is 2.44 bits per heavy atom. The van der Waals surface area contributed by atoms with Gasteiger partial charge in [0.1, 0.15) is 0 Å². The van der Waals surface area contributed by atoms with Crippen molar-refractivity contribution in [3.63, 3.8) is 0 Å². The smallest absolute Gasteiger partial charge is 0.219 e. The van der Waals surface area contributed by atoms with Crippen LogP contribution in [0.1, 0.15) is 46.5 Å². The molecule has 0 spiro atoms. The first-order valence-electron chi connectivity index (χ1n) is 6.65. The van der Waals surface area contributed by atoms with E-state index in [1.807, 2.05) is 6.92 Å². The highest BCUT2D eigenvalue weighted by Gasteiger charge is 2.18. The van der Waals surface area contributed by atoms with Gasteiger partial charge in [0, 0.05) is 19.0 Å². The molecule has 1 amide bonds. The fourth-order valence-corrected chi connectivity index (χ4v) is 2.21. The predicted molar refractivity (Wildman–Crippen MR) is 67.4 cm³/mol. The normalized spacial score (nSPS) is 19.0. The Morgan fingerprint density at radius 2 is 1.94 bits per heavy atom. The third-order valence-corrected chi connectivity index (χ3v) is 3.43. The summed E-state index contributed by atoms with van der Waals surface area (Å²) in [5.41, 5.74) is 0. The molecule has 0 bridgehead atoms. The largest absolute Gasteiger partial charge is 0.353 e. The zero-order chi connectivity index (χ0) is 12.0. The molecule has 1 rings (SSSR count). The zero-order valence-corrected chi connectivity index (χ0v) is 11.0. The number of hydrogen-bond donors (Lipinski definition) is 1. The maximum Gasteiger partial charge on any atom is 0.219 e. The van der Waals surface area contributed by atoms with Crippen molar-refractivity contribution in [2.24, 2.45) is 5.92 Å². The van der Waals surface area contributed by atoms with Gasteiger partial charge >= 0.3 is 0 Å². The van der Waals surface area contributed by atoms with Gasteiger partial charge in [0.25, 0.3) is 0 Å². The first-order valence-corrected chi connectivity index (χ1v) is 6.65. The summed E-state index contributed by atoms with van der Waals surface area (Å²) >= 11 is 0. The lowest BCUT2D eigenvalue weighted by Gasteiger charge is -2.25. The van der Waals surface area contributed by atoms with Crippen molar-refractivity contribution in [3.8, 4) is 0 Å². The minimum absolute atomic E-state index is 0.181. The van der Waals surface area contributed by atoms with E-state index in [9.17, 15) is 4.79 Å². The molecule has 0 saturated carbocycles. The van der Waals surface area contributed by atoms with Gasteiger partial charge in [0.2, 0.25) is 5.91 Å². The number of nitrogens with zero attached hydrogens (tertiary/aromatic N) is 1. The maximum atomic E-state index is 11.4. The van der Waals surface area contributed by atoms with E-state index in [4.69, 9.17) is 0 Å². The Bertz CT molecular complexity index is 210. The molecule has 1 unspecified atom stereocenters. The Balaban J connectivity index is 2.29. The number of amides is 1. The van der Waals surface area contributed by atoms with Crippen LogP contribution in [-0.2, 0) is 4.79 Å². The maximum absolute atomic E-state index is 11.4. The molecule has 1 N–H and O–H groups in total. The topological polar surface area (TPSA) is 32.3 Å². The van der Waals surface area contributed by atoms with E-state index in [1.165, 1.54) is 25.9 Å². The average molecular weight is 226 g/mol. The van der Waals surface area contributed by atoms with Gasteiger partial charge in [-0.05, 0) is 38.3 Å². The van der Waals surface area contributed by atoms with Crippen molar-refractivity contribution in [2.75, 3.05) is 19.6 Å².